The van der Waals surface area contributed by atoms with E-state index in [0.717, 1.165) is 48.4 Å². The normalized spacial score (nSPS) is 22.9. The fourth-order valence-corrected chi connectivity index (χ4v) is 3.24. The Hall–Kier alpha value is -1.19. The van der Waals surface area contributed by atoms with Crippen LogP contribution in [-0.2, 0) is 13.5 Å². The van der Waals surface area contributed by atoms with Gasteiger partial charge in [0, 0.05) is 13.6 Å². The summed E-state index contributed by atoms with van der Waals surface area (Å²) in [6.45, 7) is 5.54. The molecule has 20 heavy (non-hydrogen) atoms. The second-order valence-corrected chi connectivity index (χ2v) is 6.42. The number of nitrogens with two attached hydrogens (primary N) is 1. The number of nitrogen functional groups attached to an aromatic ring is 1. The van der Waals surface area contributed by atoms with Crippen molar-refractivity contribution in [3.63, 3.8) is 0 Å². The average Bonchev–Trinajstić information content (AvgIpc) is 2.69. The van der Waals surface area contributed by atoms with Crippen LogP contribution >= 0.6 is 0 Å². The molecule has 0 radical (unpaired) electrons. The van der Waals surface area contributed by atoms with Crippen molar-refractivity contribution in [1.82, 2.24) is 9.78 Å². The van der Waals surface area contributed by atoms with Crippen LogP contribution in [-0.4, -0.2) is 16.3 Å². The SMILES string of the molecule is CCCc1nn(C)c(NCCC2CCC(C)CC2)c1N. The van der Waals surface area contributed by atoms with E-state index in [1.54, 1.807) is 0 Å². The van der Waals surface area contributed by atoms with Crippen LogP contribution in [0.25, 0.3) is 0 Å². The lowest BCUT2D eigenvalue weighted by molar-refractivity contribution is 0.282. The van der Waals surface area contributed by atoms with Gasteiger partial charge >= 0.3 is 0 Å². The Bertz CT molecular complexity index is 416. The summed E-state index contributed by atoms with van der Waals surface area (Å²) in [5, 5.41) is 8.00. The van der Waals surface area contributed by atoms with E-state index < -0.39 is 0 Å². The third kappa shape index (κ3) is 3.68. The van der Waals surface area contributed by atoms with Crippen molar-refractivity contribution in [3.05, 3.63) is 5.69 Å². The van der Waals surface area contributed by atoms with Gasteiger partial charge in [0.15, 0.2) is 0 Å². The van der Waals surface area contributed by atoms with Crippen molar-refractivity contribution in [1.29, 1.82) is 0 Å². The van der Waals surface area contributed by atoms with Gasteiger partial charge in [-0.25, -0.2) is 0 Å². The predicted octanol–water partition coefficient (Wildman–Crippen LogP) is 3.58. The van der Waals surface area contributed by atoms with Gasteiger partial charge in [0.1, 0.15) is 5.82 Å². The first-order valence-corrected chi connectivity index (χ1v) is 8.17. The van der Waals surface area contributed by atoms with Gasteiger partial charge in [-0.15, -0.1) is 0 Å². The molecule has 0 atom stereocenters. The minimum absolute atomic E-state index is 0.839. The molecule has 1 aromatic heterocycles. The van der Waals surface area contributed by atoms with Gasteiger partial charge in [-0.05, 0) is 24.7 Å². The largest absolute Gasteiger partial charge is 0.394 e. The molecule has 1 heterocycles. The molecule has 0 aliphatic heterocycles. The first-order chi connectivity index (χ1) is 9.61. The lowest BCUT2D eigenvalue weighted by Gasteiger charge is -2.26. The van der Waals surface area contributed by atoms with E-state index in [1.807, 2.05) is 11.7 Å². The summed E-state index contributed by atoms with van der Waals surface area (Å²) in [4.78, 5) is 0. The molecule has 3 N–H and O–H groups in total. The summed E-state index contributed by atoms with van der Waals surface area (Å²) in [5.41, 5.74) is 8.05. The zero-order valence-corrected chi connectivity index (χ0v) is 13.3. The summed E-state index contributed by atoms with van der Waals surface area (Å²) in [6, 6.07) is 0. The van der Waals surface area contributed by atoms with Crippen LogP contribution in [0.2, 0.25) is 0 Å². The van der Waals surface area contributed by atoms with Crippen LogP contribution in [0, 0.1) is 11.8 Å². The molecule has 0 bridgehead atoms. The number of nitrogens with zero attached hydrogens (tertiary/aromatic N) is 2. The molecule has 2 rings (SSSR count). The molecule has 0 aromatic carbocycles. The van der Waals surface area contributed by atoms with E-state index in [4.69, 9.17) is 5.73 Å². The third-order valence-electron chi connectivity index (χ3n) is 4.63. The fraction of sp³-hybridized carbons (Fsp3) is 0.812. The Morgan fingerprint density at radius 2 is 2.00 bits per heavy atom. The molecule has 4 heteroatoms. The van der Waals surface area contributed by atoms with Crippen molar-refractivity contribution in [2.75, 3.05) is 17.6 Å². The van der Waals surface area contributed by atoms with Crippen molar-refractivity contribution in [2.24, 2.45) is 18.9 Å². The fourth-order valence-electron chi connectivity index (χ4n) is 3.24. The van der Waals surface area contributed by atoms with Gasteiger partial charge in [0.25, 0.3) is 0 Å². The molecular formula is C16H30N4. The zero-order valence-electron chi connectivity index (χ0n) is 13.3. The number of anilines is 2. The van der Waals surface area contributed by atoms with Crippen LogP contribution in [0.1, 0.15) is 58.1 Å². The second kappa shape index (κ2) is 7.00. The Morgan fingerprint density at radius 1 is 1.30 bits per heavy atom. The quantitative estimate of drug-likeness (QED) is 0.836. The number of nitrogens with one attached hydrogen (secondary N) is 1. The van der Waals surface area contributed by atoms with Crippen LogP contribution < -0.4 is 11.1 Å². The highest BCUT2D eigenvalue weighted by molar-refractivity contribution is 5.64. The average molecular weight is 278 g/mol. The Balaban J connectivity index is 1.82. The monoisotopic (exact) mass is 278 g/mol. The first kappa shape index (κ1) is 15.2. The lowest BCUT2D eigenvalue weighted by atomic mass is 9.81. The number of hydrogen-bond acceptors (Lipinski definition) is 3. The number of aryl methyl sites for hydroxylation is 2. The van der Waals surface area contributed by atoms with E-state index in [-0.39, 0.29) is 0 Å². The van der Waals surface area contributed by atoms with E-state index in [9.17, 15) is 0 Å². The highest BCUT2D eigenvalue weighted by atomic mass is 15.3. The Morgan fingerprint density at radius 3 is 2.65 bits per heavy atom. The molecule has 4 nitrogen and oxygen atoms in total. The van der Waals surface area contributed by atoms with Gasteiger partial charge in [0.05, 0.1) is 11.4 Å². The number of rotatable bonds is 6. The van der Waals surface area contributed by atoms with E-state index in [1.165, 1.54) is 32.1 Å². The molecule has 1 aliphatic rings. The first-order valence-electron chi connectivity index (χ1n) is 8.17. The van der Waals surface area contributed by atoms with Gasteiger partial charge in [0.2, 0.25) is 0 Å². The van der Waals surface area contributed by atoms with Gasteiger partial charge in [-0.1, -0.05) is 46.0 Å². The summed E-state index contributed by atoms with van der Waals surface area (Å²) in [6.07, 6.45) is 8.89. The van der Waals surface area contributed by atoms with E-state index in [0.29, 0.717) is 0 Å². The van der Waals surface area contributed by atoms with E-state index >= 15 is 0 Å². The minimum Gasteiger partial charge on any atom is -0.394 e. The van der Waals surface area contributed by atoms with Crippen molar-refractivity contribution in [2.45, 2.75) is 58.8 Å². The molecule has 1 saturated carbocycles. The molecule has 1 aliphatic carbocycles. The van der Waals surface area contributed by atoms with Crippen LogP contribution in [0.15, 0.2) is 0 Å². The van der Waals surface area contributed by atoms with Crippen molar-refractivity contribution in [3.8, 4) is 0 Å². The van der Waals surface area contributed by atoms with E-state index in [2.05, 4.69) is 24.3 Å². The predicted molar refractivity (Wildman–Crippen MR) is 85.8 cm³/mol. The molecule has 114 valence electrons. The van der Waals surface area contributed by atoms with Gasteiger partial charge < -0.3 is 11.1 Å². The summed E-state index contributed by atoms with van der Waals surface area (Å²) >= 11 is 0. The standard InChI is InChI=1S/C16H30N4/c1-4-5-14-15(17)16(20(3)19-14)18-11-10-13-8-6-12(2)7-9-13/h12-13,18H,4-11,17H2,1-3H3. The van der Waals surface area contributed by atoms with Crippen LogP contribution in [0.3, 0.4) is 0 Å². The summed E-state index contributed by atoms with van der Waals surface area (Å²) < 4.78 is 1.89. The Labute approximate surface area is 123 Å². The number of aromatic nitrogens is 2. The topological polar surface area (TPSA) is 55.9 Å². The summed E-state index contributed by atoms with van der Waals surface area (Å²) in [5.74, 6) is 2.82. The van der Waals surface area contributed by atoms with Gasteiger partial charge in [-0.2, -0.15) is 5.10 Å². The zero-order chi connectivity index (χ0) is 14.5. The van der Waals surface area contributed by atoms with Crippen molar-refractivity contribution >= 4 is 11.5 Å². The maximum absolute atomic E-state index is 6.18. The molecule has 0 saturated heterocycles. The van der Waals surface area contributed by atoms with Crippen LogP contribution in [0.4, 0.5) is 11.5 Å². The Kier molecular flexibility index (Phi) is 5.32. The van der Waals surface area contributed by atoms with Crippen molar-refractivity contribution < 1.29 is 0 Å². The number of hydrogen-bond donors (Lipinski definition) is 2. The molecule has 0 unspecified atom stereocenters. The molecule has 1 aromatic rings. The molecule has 0 spiro atoms. The third-order valence-corrected chi connectivity index (χ3v) is 4.63. The molecule has 0 amide bonds. The van der Waals surface area contributed by atoms with Crippen LogP contribution in [0.5, 0.6) is 0 Å². The highest BCUT2D eigenvalue weighted by Gasteiger charge is 2.18. The highest BCUT2D eigenvalue weighted by Crippen LogP contribution is 2.30. The maximum Gasteiger partial charge on any atom is 0.147 e. The van der Waals surface area contributed by atoms with Gasteiger partial charge in [-0.3, -0.25) is 4.68 Å². The molecular weight excluding hydrogens is 248 g/mol. The molecule has 1 fully saturated rings. The lowest BCUT2D eigenvalue weighted by Crippen LogP contribution is -2.16. The second-order valence-electron chi connectivity index (χ2n) is 6.42. The summed E-state index contributed by atoms with van der Waals surface area (Å²) in [7, 11) is 1.97. The smallest absolute Gasteiger partial charge is 0.147 e. The maximum atomic E-state index is 6.18. The minimum atomic E-state index is 0.839.